The molecule has 4 nitrogen and oxygen atoms in total. The van der Waals surface area contributed by atoms with Gasteiger partial charge in [-0.25, -0.2) is 0 Å². The fourth-order valence-corrected chi connectivity index (χ4v) is 1.90. The lowest BCUT2D eigenvalue weighted by atomic mass is 10.2. The number of hydrogen-bond acceptors (Lipinski definition) is 4. The van der Waals surface area contributed by atoms with Crippen molar-refractivity contribution in [2.24, 2.45) is 0 Å². The summed E-state index contributed by atoms with van der Waals surface area (Å²) >= 11 is 0. The number of ether oxygens (including phenoxy) is 2. The van der Waals surface area contributed by atoms with Crippen molar-refractivity contribution in [3.05, 3.63) is 0 Å². The molecule has 4 heteroatoms. The molecule has 1 atom stereocenters. The van der Waals surface area contributed by atoms with Gasteiger partial charge >= 0.3 is 5.97 Å². The van der Waals surface area contributed by atoms with E-state index in [-0.39, 0.29) is 12.0 Å². The van der Waals surface area contributed by atoms with Gasteiger partial charge in [0.2, 0.25) is 0 Å². The van der Waals surface area contributed by atoms with Crippen molar-refractivity contribution in [1.82, 2.24) is 5.32 Å². The molecular formula is C13H25NO3. The van der Waals surface area contributed by atoms with Crippen molar-refractivity contribution in [2.45, 2.75) is 51.5 Å². The maximum absolute atomic E-state index is 11.5. The zero-order valence-electron chi connectivity index (χ0n) is 10.9. The number of unbranched alkanes of at least 4 members (excludes halogenated alkanes) is 4. The summed E-state index contributed by atoms with van der Waals surface area (Å²) in [5.74, 6) is -0.108. The highest BCUT2D eigenvalue weighted by atomic mass is 16.5. The predicted octanol–water partition coefficient (Wildman–Crippen LogP) is 1.88. The molecule has 0 aliphatic carbocycles. The summed E-state index contributed by atoms with van der Waals surface area (Å²) in [6, 6.07) is 0.136. The van der Waals surface area contributed by atoms with Gasteiger partial charge in [0.05, 0.1) is 26.2 Å². The van der Waals surface area contributed by atoms with Crippen LogP contribution in [0.25, 0.3) is 0 Å². The Morgan fingerprint density at radius 1 is 1.35 bits per heavy atom. The Labute approximate surface area is 104 Å². The Hall–Kier alpha value is -0.610. The molecule has 0 bridgehead atoms. The van der Waals surface area contributed by atoms with E-state index in [9.17, 15) is 4.79 Å². The first-order valence-electron chi connectivity index (χ1n) is 6.79. The number of rotatable bonds is 8. The number of nitrogens with one attached hydrogen (secondary N) is 1. The van der Waals surface area contributed by atoms with E-state index in [2.05, 4.69) is 12.2 Å². The molecule has 1 aliphatic heterocycles. The predicted molar refractivity (Wildman–Crippen MR) is 66.9 cm³/mol. The molecule has 0 amide bonds. The molecule has 1 N–H and O–H groups in total. The second-order valence-corrected chi connectivity index (χ2v) is 4.56. The summed E-state index contributed by atoms with van der Waals surface area (Å²) in [5.41, 5.74) is 0. The number of morpholine rings is 1. The topological polar surface area (TPSA) is 47.6 Å². The van der Waals surface area contributed by atoms with Crippen molar-refractivity contribution >= 4 is 5.97 Å². The van der Waals surface area contributed by atoms with Gasteiger partial charge < -0.3 is 14.8 Å². The molecule has 17 heavy (non-hydrogen) atoms. The smallest absolute Gasteiger partial charge is 0.307 e. The lowest BCUT2D eigenvalue weighted by Gasteiger charge is -2.22. The van der Waals surface area contributed by atoms with Crippen LogP contribution in [0.3, 0.4) is 0 Å². The zero-order valence-corrected chi connectivity index (χ0v) is 10.9. The molecule has 1 saturated heterocycles. The SMILES string of the molecule is CCCCCCCOC(=O)CC1COCCN1. The number of carbonyl (C=O) groups is 1. The minimum absolute atomic E-state index is 0.108. The van der Waals surface area contributed by atoms with E-state index >= 15 is 0 Å². The third-order valence-corrected chi connectivity index (χ3v) is 2.92. The Morgan fingerprint density at radius 2 is 2.18 bits per heavy atom. The van der Waals surface area contributed by atoms with Crippen LogP contribution in [0, 0.1) is 0 Å². The summed E-state index contributed by atoms with van der Waals surface area (Å²) in [6.07, 6.45) is 6.33. The van der Waals surface area contributed by atoms with Crippen LogP contribution in [0.15, 0.2) is 0 Å². The second kappa shape index (κ2) is 9.42. The van der Waals surface area contributed by atoms with Crippen molar-refractivity contribution in [3.8, 4) is 0 Å². The molecule has 0 spiro atoms. The maximum atomic E-state index is 11.5. The lowest BCUT2D eigenvalue weighted by molar-refractivity contribution is -0.145. The number of carbonyl (C=O) groups excluding carboxylic acids is 1. The van der Waals surface area contributed by atoms with Gasteiger partial charge in [-0.1, -0.05) is 32.6 Å². The molecular weight excluding hydrogens is 218 g/mol. The summed E-state index contributed by atoms with van der Waals surface area (Å²) in [5, 5.41) is 3.24. The van der Waals surface area contributed by atoms with Crippen molar-refractivity contribution in [3.63, 3.8) is 0 Å². The van der Waals surface area contributed by atoms with Gasteiger partial charge in [0.1, 0.15) is 0 Å². The molecule has 0 saturated carbocycles. The van der Waals surface area contributed by atoms with Crippen molar-refractivity contribution in [1.29, 1.82) is 0 Å². The first-order chi connectivity index (χ1) is 8.33. The van der Waals surface area contributed by atoms with E-state index in [1.54, 1.807) is 0 Å². The quantitative estimate of drug-likeness (QED) is 0.522. The van der Waals surface area contributed by atoms with Crippen LogP contribution in [0.4, 0.5) is 0 Å². The van der Waals surface area contributed by atoms with Gasteiger partial charge in [-0.2, -0.15) is 0 Å². The zero-order chi connectivity index (χ0) is 12.3. The minimum Gasteiger partial charge on any atom is -0.466 e. The van der Waals surface area contributed by atoms with Gasteiger partial charge in [-0.15, -0.1) is 0 Å². The van der Waals surface area contributed by atoms with Crippen LogP contribution >= 0.6 is 0 Å². The Morgan fingerprint density at radius 3 is 2.88 bits per heavy atom. The van der Waals surface area contributed by atoms with Crippen LogP contribution in [0.2, 0.25) is 0 Å². The second-order valence-electron chi connectivity index (χ2n) is 4.56. The van der Waals surface area contributed by atoms with E-state index in [1.165, 1.54) is 19.3 Å². The van der Waals surface area contributed by atoms with Gasteiger partial charge in [-0.05, 0) is 6.42 Å². The summed E-state index contributed by atoms with van der Waals surface area (Å²) in [4.78, 5) is 11.5. The first kappa shape index (κ1) is 14.5. The maximum Gasteiger partial charge on any atom is 0.307 e. The third-order valence-electron chi connectivity index (χ3n) is 2.92. The number of esters is 1. The normalized spacial score (nSPS) is 20.2. The molecule has 1 rings (SSSR count). The Bertz CT molecular complexity index is 203. The molecule has 0 aromatic heterocycles. The van der Waals surface area contributed by atoms with E-state index in [4.69, 9.17) is 9.47 Å². The average Bonchev–Trinajstić information content (AvgIpc) is 2.35. The third kappa shape index (κ3) is 7.34. The van der Waals surface area contributed by atoms with Gasteiger partial charge in [0.25, 0.3) is 0 Å². The molecule has 1 heterocycles. The van der Waals surface area contributed by atoms with E-state index in [0.29, 0.717) is 19.6 Å². The van der Waals surface area contributed by atoms with Crippen molar-refractivity contribution in [2.75, 3.05) is 26.4 Å². The molecule has 0 radical (unpaired) electrons. The largest absolute Gasteiger partial charge is 0.466 e. The first-order valence-corrected chi connectivity index (χ1v) is 6.79. The lowest BCUT2D eigenvalue weighted by Crippen LogP contribution is -2.42. The summed E-state index contributed by atoms with van der Waals surface area (Å²) in [7, 11) is 0. The van der Waals surface area contributed by atoms with E-state index in [1.807, 2.05) is 0 Å². The standard InChI is InChI=1S/C13H25NO3/c1-2-3-4-5-6-8-17-13(15)10-12-11-16-9-7-14-12/h12,14H,2-11H2,1H3. The average molecular weight is 243 g/mol. The molecule has 100 valence electrons. The van der Waals surface area contributed by atoms with Gasteiger partial charge in [0, 0.05) is 12.6 Å². The highest BCUT2D eigenvalue weighted by Crippen LogP contribution is 2.04. The van der Waals surface area contributed by atoms with Gasteiger partial charge in [-0.3, -0.25) is 4.79 Å². The minimum atomic E-state index is -0.108. The van der Waals surface area contributed by atoms with Gasteiger partial charge in [0.15, 0.2) is 0 Å². The fraction of sp³-hybridized carbons (Fsp3) is 0.923. The van der Waals surface area contributed by atoms with Crippen LogP contribution in [0.1, 0.15) is 45.4 Å². The summed E-state index contributed by atoms with van der Waals surface area (Å²) in [6.45, 7) is 4.94. The highest BCUT2D eigenvalue weighted by molar-refractivity contribution is 5.70. The van der Waals surface area contributed by atoms with Crippen LogP contribution in [-0.2, 0) is 14.3 Å². The van der Waals surface area contributed by atoms with Crippen LogP contribution in [-0.4, -0.2) is 38.4 Å². The monoisotopic (exact) mass is 243 g/mol. The number of hydrogen-bond donors (Lipinski definition) is 1. The van der Waals surface area contributed by atoms with E-state index < -0.39 is 0 Å². The highest BCUT2D eigenvalue weighted by Gasteiger charge is 2.17. The summed E-state index contributed by atoms with van der Waals surface area (Å²) < 4.78 is 10.5. The molecule has 0 aromatic carbocycles. The Kier molecular flexibility index (Phi) is 8.01. The fourth-order valence-electron chi connectivity index (χ4n) is 1.90. The van der Waals surface area contributed by atoms with Crippen LogP contribution in [0.5, 0.6) is 0 Å². The molecule has 1 fully saturated rings. The molecule has 0 aromatic rings. The van der Waals surface area contributed by atoms with E-state index in [0.717, 1.165) is 26.0 Å². The molecule has 1 aliphatic rings. The molecule has 1 unspecified atom stereocenters. The van der Waals surface area contributed by atoms with Crippen molar-refractivity contribution < 1.29 is 14.3 Å². The van der Waals surface area contributed by atoms with Crippen LogP contribution < -0.4 is 5.32 Å². The Balaban J connectivity index is 1.93.